The molecule has 3 nitrogen and oxygen atoms in total. The Kier molecular flexibility index (Phi) is 3.15. The lowest BCUT2D eigenvalue weighted by Crippen LogP contribution is -2.28. The fraction of sp³-hybridized carbons (Fsp3) is 0.438. The van der Waals surface area contributed by atoms with Crippen molar-refractivity contribution in [2.45, 2.75) is 13.3 Å². The molecule has 0 amide bonds. The third kappa shape index (κ3) is 2.56. The van der Waals surface area contributed by atoms with Gasteiger partial charge in [-0.05, 0) is 31.4 Å². The number of rotatable bonds is 5. The molecule has 0 N–H and O–H groups in total. The Morgan fingerprint density at radius 1 is 1.42 bits per heavy atom. The van der Waals surface area contributed by atoms with E-state index in [2.05, 4.69) is 11.8 Å². The summed E-state index contributed by atoms with van der Waals surface area (Å²) in [4.78, 5) is 14.4. The number of carbonyl (C=O) groups is 1. The van der Waals surface area contributed by atoms with Crippen LogP contribution in [0.4, 0.5) is 0 Å². The van der Waals surface area contributed by atoms with Gasteiger partial charge in [-0.2, -0.15) is 0 Å². The predicted molar refractivity (Wildman–Crippen MR) is 75.3 cm³/mol. The van der Waals surface area contributed by atoms with E-state index in [0.29, 0.717) is 12.1 Å². The monoisotopic (exact) mass is 257 g/mol. The van der Waals surface area contributed by atoms with E-state index < -0.39 is 0 Å². The summed E-state index contributed by atoms with van der Waals surface area (Å²) in [6, 6.07) is 7.68. The summed E-state index contributed by atoms with van der Waals surface area (Å²) in [5, 5.41) is 0.917. The van der Waals surface area contributed by atoms with Gasteiger partial charge in [0.2, 0.25) is 0 Å². The summed E-state index contributed by atoms with van der Waals surface area (Å²) in [6.45, 7) is 3.75. The summed E-state index contributed by atoms with van der Waals surface area (Å²) >= 11 is 0. The average Bonchev–Trinajstić information content (AvgIpc) is 2.92. The van der Waals surface area contributed by atoms with E-state index >= 15 is 0 Å². The van der Waals surface area contributed by atoms with Gasteiger partial charge in [-0.1, -0.05) is 25.1 Å². The first-order valence-corrected chi connectivity index (χ1v) is 6.83. The number of hydrogen-bond donors (Lipinski definition) is 0. The maximum Gasteiger partial charge on any atom is 0.180 e. The van der Waals surface area contributed by atoms with Crippen LogP contribution < -0.4 is 0 Å². The van der Waals surface area contributed by atoms with Crippen LogP contribution in [-0.4, -0.2) is 30.8 Å². The molecule has 1 heterocycles. The van der Waals surface area contributed by atoms with Crippen LogP contribution in [-0.2, 0) is 0 Å². The first-order valence-electron chi connectivity index (χ1n) is 6.83. The van der Waals surface area contributed by atoms with E-state index in [4.69, 9.17) is 4.42 Å². The van der Waals surface area contributed by atoms with Gasteiger partial charge in [-0.15, -0.1) is 0 Å². The van der Waals surface area contributed by atoms with Crippen LogP contribution in [0.25, 0.3) is 11.0 Å². The van der Waals surface area contributed by atoms with Crippen LogP contribution in [0.3, 0.4) is 0 Å². The Hall–Kier alpha value is -1.61. The molecule has 2 unspecified atom stereocenters. The van der Waals surface area contributed by atoms with Gasteiger partial charge in [-0.3, -0.25) is 9.69 Å². The minimum absolute atomic E-state index is 0.140. The second-order valence-electron chi connectivity index (χ2n) is 5.74. The Labute approximate surface area is 113 Å². The van der Waals surface area contributed by atoms with Crippen LogP contribution in [0.15, 0.2) is 34.9 Å². The molecule has 100 valence electrons. The zero-order valence-corrected chi connectivity index (χ0v) is 11.4. The van der Waals surface area contributed by atoms with Gasteiger partial charge in [0.25, 0.3) is 0 Å². The number of ketones is 1. The summed E-state index contributed by atoms with van der Waals surface area (Å²) in [5.74, 6) is 1.74. The molecule has 2 aromatic rings. The standard InChI is InChI=1S/C16H19NO2/c1-11-7-12(11)8-17(2)9-15(18)14-10-19-16-6-4-3-5-13(14)16/h3-6,10-12H,7-9H2,1-2H3. The van der Waals surface area contributed by atoms with Crippen LogP contribution in [0.1, 0.15) is 23.7 Å². The number of benzene rings is 1. The molecule has 3 heteroatoms. The van der Waals surface area contributed by atoms with Crippen molar-refractivity contribution in [2.24, 2.45) is 11.8 Å². The van der Waals surface area contributed by atoms with Crippen molar-refractivity contribution < 1.29 is 9.21 Å². The zero-order valence-electron chi connectivity index (χ0n) is 11.4. The number of para-hydroxylation sites is 1. The number of hydrogen-bond acceptors (Lipinski definition) is 3. The SMILES string of the molecule is CC1CC1CN(C)CC(=O)c1coc2ccccc12. The topological polar surface area (TPSA) is 33.5 Å². The molecule has 1 aliphatic rings. The molecule has 0 spiro atoms. The molecule has 1 aromatic heterocycles. The Balaban J connectivity index is 1.69. The number of fused-ring (bicyclic) bond motifs is 1. The maximum atomic E-state index is 12.3. The molecule has 1 aliphatic carbocycles. The fourth-order valence-corrected chi connectivity index (χ4v) is 2.64. The van der Waals surface area contributed by atoms with Crippen LogP contribution in [0.5, 0.6) is 0 Å². The van der Waals surface area contributed by atoms with E-state index in [0.717, 1.165) is 29.3 Å². The van der Waals surface area contributed by atoms with Gasteiger partial charge in [0.1, 0.15) is 11.8 Å². The summed E-state index contributed by atoms with van der Waals surface area (Å²) in [7, 11) is 2.02. The molecule has 1 fully saturated rings. The van der Waals surface area contributed by atoms with Crippen LogP contribution >= 0.6 is 0 Å². The van der Waals surface area contributed by atoms with Gasteiger partial charge < -0.3 is 4.42 Å². The quantitative estimate of drug-likeness (QED) is 0.771. The van der Waals surface area contributed by atoms with Gasteiger partial charge in [0, 0.05) is 11.9 Å². The molecule has 1 aromatic carbocycles. The van der Waals surface area contributed by atoms with E-state index in [-0.39, 0.29) is 5.78 Å². The lowest BCUT2D eigenvalue weighted by molar-refractivity contribution is 0.0944. The molecule has 0 bridgehead atoms. The van der Waals surface area contributed by atoms with Crippen LogP contribution in [0.2, 0.25) is 0 Å². The molecular formula is C16H19NO2. The highest BCUT2D eigenvalue weighted by atomic mass is 16.3. The normalized spacial score (nSPS) is 22.1. The average molecular weight is 257 g/mol. The fourth-order valence-electron chi connectivity index (χ4n) is 2.64. The van der Waals surface area contributed by atoms with E-state index in [1.807, 2.05) is 31.3 Å². The third-order valence-electron chi connectivity index (χ3n) is 4.02. The third-order valence-corrected chi connectivity index (χ3v) is 4.02. The van der Waals surface area contributed by atoms with Crippen molar-refractivity contribution in [2.75, 3.05) is 20.1 Å². The number of carbonyl (C=O) groups excluding carboxylic acids is 1. The largest absolute Gasteiger partial charge is 0.464 e. The van der Waals surface area contributed by atoms with E-state index in [1.54, 1.807) is 6.26 Å². The van der Waals surface area contributed by atoms with Crippen LogP contribution in [0, 0.1) is 11.8 Å². The van der Waals surface area contributed by atoms with Crippen molar-refractivity contribution in [1.29, 1.82) is 0 Å². The van der Waals surface area contributed by atoms with Crippen molar-refractivity contribution in [3.63, 3.8) is 0 Å². The molecule has 0 aliphatic heterocycles. The number of furan rings is 1. The molecule has 2 atom stereocenters. The summed E-state index contributed by atoms with van der Waals surface area (Å²) in [6.07, 6.45) is 2.88. The Bertz CT molecular complexity index is 602. The number of Topliss-reactive ketones (excluding diaryl/α,β-unsaturated/α-hetero) is 1. The lowest BCUT2D eigenvalue weighted by Gasteiger charge is -2.14. The first kappa shape index (κ1) is 12.4. The van der Waals surface area contributed by atoms with Gasteiger partial charge in [0.05, 0.1) is 12.1 Å². The summed E-state index contributed by atoms with van der Waals surface area (Å²) in [5.41, 5.74) is 1.48. The predicted octanol–water partition coefficient (Wildman–Crippen LogP) is 3.20. The molecule has 0 radical (unpaired) electrons. The zero-order chi connectivity index (χ0) is 13.4. The van der Waals surface area contributed by atoms with Gasteiger partial charge in [-0.25, -0.2) is 0 Å². The lowest BCUT2D eigenvalue weighted by atomic mass is 10.1. The van der Waals surface area contributed by atoms with Crippen molar-refractivity contribution in [1.82, 2.24) is 4.90 Å². The van der Waals surface area contributed by atoms with Crippen molar-refractivity contribution in [3.05, 3.63) is 36.1 Å². The maximum absolute atomic E-state index is 12.3. The highest BCUT2D eigenvalue weighted by Crippen LogP contribution is 2.37. The second kappa shape index (κ2) is 4.82. The van der Waals surface area contributed by atoms with Crippen molar-refractivity contribution in [3.8, 4) is 0 Å². The Morgan fingerprint density at radius 3 is 2.89 bits per heavy atom. The molecule has 19 heavy (non-hydrogen) atoms. The van der Waals surface area contributed by atoms with Gasteiger partial charge >= 0.3 is 0 Å². The molecule has 3 rings (SSSR count). The van der Waals surface area contributed by atoms with E-state index in [1.165, 1.54) is 6.42 Å². The van der Waals surface area contributed by atoms with Crippen molar-refractivity contribution >= 4 is 16.8 Å². The minimum atomic E-state index is 0.140. The van der Waals surface area contributed by atoms with Gasteiger partial charge in [0.15, 0.2) is 5.78 Å². The molecule has 1 saturated carbocycles. The molecule has 0 saturated heterocycles. The second-order valence-corrected chi connectivity index (χ2v) is 5.74. The summed E-state index contributed by atoms with van der Waals surface area (Å²) < 4.78 is 5.42. The highest BCUT2D eigenvalue weighted by molar-refractivity contribution is 6.08. The smallest absolute Gasteiger partial charge is 0.180 e. The Morgan fingerprint density at radius 2 is 2.16 bits per heavy atom. The highest BCUT2D eigenvalue weighted by Gasteiger charge is 2.33. The number of likely N-dealkylation sites (N-methyl/N-ethyl adjacent to an activating group) is 1. The first-order chi connectivity index (χ1) is 9.15. The number of nitrogens with zero attached hydrogens (tertiary/aromatic N) is 1. The molecular weight excluding hydrogens is 238 g/mol. The van der Waals surface area contributed by atoms with E-state index in [9.17, 15) is 4.79 Å². The minimum Gasteiger partial charge on any atom is -0.464 e.